The molecule has 0 bridgehead atoms. The number of aromatic nitrogens is 4. The first-order valence-electron chi connectivity index (χ1n) is 8.58. The number of likely N-dealkylation sites (tertiary alicyclic amines) is 1. The zero-order valence-corrected chi connectivity index (χ0v) is 15.0. The van der Waals surface area contributed by atoms with E-state index >= 15 is 0 Å². The molecule has 0 aliphatic carbocycles. The van der Waals surface area contributed by atoms with Gasteiger partial charge in [-0.3, -0.25) is 9.59 Å². The van der Waals surface area contributed by atoms with Gasteiger partial charge in [0.15, 0.2) is 5.82 Å². The van der Waals surface area contributed by atoms with Gasteiger partial charge >= 0.3 is 0 Å². The van der Waals surface area contributed by atoms with E-state index in [-0.39, 0.29) is 17.7 Å². The number of amides is 2. The summed E-state index contributed by atoms with van der Waals surface area (Å²) in [4.78, 5) is 25.9. The summed E-state index contributed by atoms with van der Waals surface area (Å²) in [6.07, 6.45) is 2.61. The number of hydrogen-bond donors (Lipinski definition) is 1. The van der Waals surface area contributed by atoms with Gasteiger partial charge in [-0.25, -0.2) is 0 Å². The molecule has 1 aliphatic heterocycles. The molecule has 2 heterocycles. The lowest BCUT2D eigenvalue weighted by molar-refractivity contribution is -0.130. The second-order valence-electron chi connectivity index (χ2n) is 6.43. The Hall–Kier alpha value is -3.03. The van der Waals surface area contributed by atoms with Crippen LogP contribution in [0.25, 0.3) is 5.69 Å². The van der Waals surface area contributed by atoms with Crippen LogP contribution in [0.5, 0.6) is 0 Å². The maximum Gasteiger partial charge on any atom is 0.245 e. The van der Waals surface area contributed by atoms with E-state index in [1.165, 1.54) is 6.08 Å². The third-order valence-electron chi connectivity index (χ3n) is 4.68. The molecule has 0 atom stereocenters. The predicted molar refractivity (Wildman–Crippen MR) is 96.8 cm³/mol. The van der Waals surface area contributed by atoms with Crippen molar-refractivity contribution in [3.05, 3.63) is 42.2 Å². The van der Waals surface area contributed by atoms with E-state index < -0.39 is 0 Å². The number of aryl methyl sites for hydroxylation is 2. The van der Waals surface area contributed by atoms with E-state index in [1.54, 1.807) is 9.58 Å². The molecule has 1 fully saturated rings. The van der Waals surface area contributed by atoms with Gasteiger partial charge in [0, 0.05) is 24.7 Å². The van der Waals surface area contributed by atoms with Crippen molar-refractivity contribution < 1.29 is 9.59 Å². The third-order valence-corrected chi connectivity index (χ3v) is 4.68. The second kappa shape index (κ2) is 7.47. The minimum atomic E-state index is -0.108. The van der Waals surface area contributed by atoms with Gasteiger partial charge in [0.1, 0.15) is 0 Å². The number of carbonyl (C=O) groups is 2. The number of piperidine rings is 1. The molecule has 2 aromatic rings. The second-order valence-corrected chi connectivity index (χ2v) is 6.43. The predicted octanol–water partition coefficient (Wildman–Crippen LogP) is 1.64. The van der Waals surface area contributed by atoms with E-state index in [9.17, 15) is 9.59 Å². The van der Waals surface area contributed by atoms with Crippen molar-refractivity contribution in [1.82, 2.24) is 25.1 Å². The van der Waals surface area contributed by atoms with E-state index in [0.717, 1.165) is 11.3 Å². The Balaban J connectivity index is 1.68. The Morgan fingerprint density at radius 3 is 2.62 bits per heavy atom. The zero-order valence-electron chi connectivity index (χ0n) is 15.0. The average molecular weight is 354 g/mol. The Kier molecular flexibility index (Phi) is 5.11. The molecule has 3 rings (SSSR count). The van der Waals surface area contributed by atoms with Crippen LogP contribution in [0.1, 0.15) is 24.2 Å². The van der Waals surface area contributed by atoms with Crippen LogP contribution in [0, 0.1) is 19.8 Å². The number of carbonyl (C=O) groups excluding carboxylic acids is 2. The topological polar surface area (TPSA) is 93.0 Å². The van der Waals surface area contributed by atoms with E-state index in [0.29, 0.717) is 37.4 Å². The molecule has 0 radical (unpaired) electrons. The lowest BCUT2D eigenvalue weighted by atomic mass is 9.95. The summed E-state index contributed by atoms with van der Waals surface area (Å²) in [5.41, 5.74) is 2.54. The first kappa shape index (κ1) is 17.8. The minimum Gasteiger partial charge on any atom is -0.339 e. The molecule has 0 unspecified atom stereocenters. The maximum absolute atomic E-state index is 12.6. The molecule has 8 heteroatoms. The van der Waals surface area contributed by atoms with Crippen LogP contribution < -0.4 is 5.32 Å². The van der Waals surface area contributed by atoms with Crippen LogP contribution in [0.15, 0.2) is 30.9 Å². The average Bonchev–Trinajstić information content (AvgIpc) is 3.08. The van der Waals surface area contributed by atoms with Crippen LogP contribution in [0.2, 0.25) is 0 Å². The van der Waals surface area contributed by atoms with Crippen LogP contribution >= 0.6 is 0 Å². The number of tetrazole rings is 1. The number of nitrogens with zero attached hydrogens (tertiary/aromatic N) is 5. The van der Waals surface area contributed by atoms with E-state index in [2.05, 4.69) is 27.4 Å². The molecule has 0 saturated carbocycles. The molecule has 1 N–H and O–H groups in total. The molecule has 1 saturated heterocycles. The molecular weight excluding hydrogens is 332 g/mol. The van der Waals surface area contributed by atoms with Gasteiger partial charge in [0.05, 0.1) is 5.69 Å². The summed E-state index contributed by atoms with van der Waals surface area (Å²) >= 11 is 0. The van der Waals surface area contributed by atoms with Crippen molar-refractivity contribution in [2.75, 3.05) is 18.4 Å². The maximum atomic E-state index is 12.6. The van der Waals surface area contributed by atoms with Crippen LogP contribution in [-0.4, -0.2) is 50.0 Å². The van der Waals surface area contributed by atoms with Gasteiger partial charge in [0.2, 0.25) is 11.8 Å². The van der Waals surface area contributed by atoms with E-state index in [1.807, 2.05) is 32.0 Å². The molecular formula is C18H22N6O2. The van der Waals surface area contributed by atoms with Gasteiger partial charge in [0.25, 0.3) is 0 Å². The van der Waals surface area contributed by atoms with Gasteiger partial charge in [-0.15, -0.1) is 5.10 Å². The molecule has 1 aromatic heterocycles. The summed E-state index contributed by atoms with van der Waals surface area (Å²) in [6.45, 7) is 8.44. The summed E-state index contributed by atoms with van der Waals surface area (Å²) in [5, 5.41) is 14.5. The highest BCUT2D eigenvalue weighted by atomic mass is 16.2. The van der Waals surface area contributed by atoms with Crippen molar-refractivity contribution in [3.8, 4) is 5.69 Å². The first-order valence-corrected chi connectivity index (χ1v) is 8.58. The standard InChI is InChI=1S/C18H22N6O2/c1-4-17(25)23-9-7-14(8-10-23)18(26)19-15-6-5-12(2)16(11-15)24-13(3)20-21-22-24/h4-6,11,14H,1,7-10H2,2-3H3,(H,19,26). The summed E-state index contributed by atoms with van der Waals surface area (Å²) in [6, 6.07) is 5.66. The fourth-order valence-electron chi connectivity index (χ4n) is 3.11. The summed E-state index contributed by atoms with van der Waals surface area (Å²) in [5.74, 6) is 0.460. The largest absolute Gasteiger partial charge is 0.339 e. The van der Waals surface area contributed by atoms with Gasteiger partial charge in [-0.1, -0.05) is 12.6 Å². The first-order chi connectivity index (χ1) is 12.5. The molecule has 2 amide bonds. The molecule has 0 spiro atoms. The van der Waals surface area contributed by atoms with Crippen LogP contribution in [0.4, 0.5) is 5.69 Å². The normalized spacial score (nSPS) is 14.9. The fraction of sp³-hybridized carbons (Fsp3) is 0.389. The molecule has 26 heavy (non-hydrogen) atoms. The fourth-order valence-corrected chi connectivity index (χ4v) is 3.11. The SMILES string of the molecule is C=CC(=O)N1CCC(C(=O)Nc2ccc(C)c(-n3nnnc3C)c2)CC1. The highest BCUT2D eigenvalue weighted by Gasteiger charge is 2.26. The van der Waals surface area contributed by atoms with Gasteiger partial charge in [-0.05, 0) is 60.9 Å². The molecule has 8 nitrogen and oxygen atoms in total. The summed E-state index contributed by atoms with van der Waals surface area (Å²) < 4.78 is 1.64. The lowest BCUT2D eigenvalue weighted by Gasteiger charge is -2.30. The Bertz CT molecular complexity index is 836. The molecule has 136 valence electrons. The highest BCUT2D eigenvalue weighted by Crippen LogP contribution is 2.23. The number of hydrogen-bond acceptors (Lipinski definition) is 5. The quantitative estimate of drug-likeness (QED) is 0.843. The van der Waals surface area contributed by atoms with Crippen LogP contribution in [0.3, 0.4) is 0 Å². The Morgan fingerprint density at radius 1 is 1.27 bits per heavy atom. The zero-order chi connectivity index (χ0) is 18.7. The van der Waals surface area contributed by atoms with Crippen molar-refractivity contribution in [2.45, 2.75) is 26.7 Å². The van der Waals surface area contributed by atoms with Crippen molar-refractivity contribution in [3.63, 3.8) is 0 Å². The van der Waals surface area contributed by atoms with Gasteiger partial charge < -0.3 is 10.2 Å². The van der Waals surface area contributed by atoms with Crippen molar-refractivity contribution in [1.29, 1.82) is 0 Å². The minimum absolute atomic E-state index is 0.0288. The molecule has 1 aliphatic rings. The number of anilines is 1. The third kappa shape index (κ3) is 3.63. The number of rotatable bonds is 4. The smallest absolute Gasteiger partial charge is 0.245 e. The van der Waals surface area contributed by atoms with Gasteiger partial charge in [-0.2, -0.15) is 4.68 Å². The Morgan fingerprint density at radius 2 is 2.00 bits per heavy atom. The van der Waals surface area contributed by atoms with E-state index in [4.69, 9.17) is 0 Å². The summed E-state index contributed by atoms with van der Waals surface area (Å²) in [7, 11) is 0. The lowest BCUT2D eigenvalue weighted by Crippen LogP contribution is -2.40. The molecule has 1 aromatic carbocycles. The number of benzene rings is 1. The van der Waals surface area contributed by atoms with Crippen LogP contribution in [-0.2, 0) is 9.59 Å². The van der Waals surface area contributed by atoms with Crippen molar-refractivity contribution in [2.24, 2.45) is 5.92 Å². The monoisotopic (exact) mass is 354 g/mol. The highest BCUT2D eigenvalue weighted by molar-refractivity contribution is 5.93. The number of nitrogens with one attached hydrogen (secondary N) is 1. The Labute approximate surface area is 151 Å². The van der Waals surface area contributed by atoms with Crippen molar-refractivity contribution >= 4 is 17.5 Å².